The number of anilines is 2. The third-order valence-corrected chi connectivity index (χ3v) is 24.0. The number of primary amides is 1. The van der Waals surface area contributed by atoms with Gasteiger partial charge in [0, 0.05) is 96.5 Å². The van der Waals surface area contributed by atoms with E-state index in [1.807, 2.05) is 85.7 Å². The maximum absolute atomic E-state index is 15.0. The third kappa shape index (κ3) is 28.9. The van der Waals surface area contributed by atoms with Gasteiger partial charge in [-0.05, 0) is 127 Å². The molecule has 0 radical (unpaired) electrons. The van der Waals surface area contributed by atoms with Crippen molar-refractivity contribution < 1.29 is 91.0 Å². The van der Waals surface area contributed by atoms with Crippen LogP contribution in [-0.4, -0.2) is 219 Å². The number of methoxy groups -OCH3 is 2. The van der Waals surface area contributed by atoms with Gasteiger partial charge in [-0.25, -0.2) is 24.5 Å². The van der Waals surface area contributed by atoms with Crippen LogP contribution >= 0.6 is 23.5 Å². The van der Waals surface area contributed by atoms with Gasteiger partial charge < -0.3 is 74.6 Å². The first-order valence-electron chi connectivity index (χ1n) is 41.2. The quantitative estimate of drug-likeness (QED) is 0.0178. The lowest BCUT2D eigenvalue weighted by molar-refractivity contribution is -0.149. The number of hydrogen-bond acceptors (Lipinski definition) is 23. The van der Waals surface area contributed by atoms with E-state index < -0.39 is 108 Å². The molecule has 0 aliphatic carbocycles. The number of carbonyl (C=O) groups excluding carboxylic acids is 11. The predicted octanol–water partition coefficient (Wildman–Crippen LogP) is 11.5. The zero-order valence-corrected chi connectivity index (χ0v) is 73.2. The number of benzene rings is 3. The molecule has 0 bridgehead atoms. The van der Waals surface area contributed by atoms with Crippen LogP contribution in [-0.2, 0) is 78.2 Å². The predicted molar refractivity (Wildman–Crippen MR) is 457 cm³/mol. The summed E-state index contributed by atoms with van der Waals surface area (Å²) in [7, 11) is 6.23. The summed E-state index contributed by atoms with van der Waals surface area (Å²) in [5, 5.41) is 20.3. The van der Waals surface area contributed by atoms with Gasteiger partial charge in [0.05, 0.1) is 97.4 Å². The zero-order valence-electron chi connectivity index (χ0n) is 71.6. The lowest BCUT2D eigenvalue weighted by Gasteiger charge is -2.41. The van der Waals surface area contributed by atoms with Crippen molar-refractivity contribution in [2.45, 2.75) is 186 Å². The van der Waals surface area contributed by atoms with E-state index in [0.29, 0.717) is 65.0 Å². The average molecular weight is 1700 g/mol. The summed E-state index contributed by atoms with van der Waals surface area (Å²) in [4.78, 5) is 167. The standard InChI is InChI=1S/C89H122N10O19S2/c1-15-58(8)79(72(112-13)52-76(104)98-42-24-28-68(98)81(113-14)60(10)69(100)49-59(9)80(105)62-25-17-16-18-26-62)96(11)85(107)67(55(2)3)51-71(102)78(57(6)7)97(12)89(111)118-53-61-31-33-64(34-32-61)94-84(106)63(27-23-41-93-88(90)110)50-70(101)77(56(4)5)95-73(103)54-116-46-45-114-43-44-115-47-48-117-66-37-35-65(36-38-66)99-86(108)82(119-74-29-19-21-39-91-74)83(87(99)109)120-75-30-20-22-40-92-75/h16-22,25-26,29-40,55-60,63,67-68,72,77-81,105H,15,23-24,27-28,41-54H2,1-14H3,(H,94,106)(H,95,103)(H3,90,93,110)/t58?,59-,60-,63+,67-,68-,72?,77-,78-,79-,80+,81+/m0/s1. The van der Waals surface area contributed by atoms with E-state index >= 15 is 0 Å². The van der Waals surface area contributed by atoms with Crippen LogP contribution in [0.5, 0.6) is 5.75 Å². The Hall–Kier alpha value is -9.47. The van der Waals surface area contributed by atoms with Gasteiger partial charge in [-0.2, -0.15) is 0 Å². The van der Waals surface area contributed by atoms with E-state index in [2.05, 4.69) is 25.9 Å². The van der Waals surface area contributed by atoms with Crippen molar-refractivity contribution in [2.24, 2.45) is 53.1 Å². The molecular formula is C89H122N10O19S2. The number of ketones is 3. The highest BCUT2D eigenvalue weighted by molar-refractivity contribution is 8.08. The molecule has 2 unspecified atom stereocenters. The summed E-state index contributed by atoms with van der Waals surface area (Å²) in [6, 6.07) is 29.3. The van der Waals surface area contributed by atoms with Gasteiger partial charge in [-0.15, -0.1) is 0 Å². The smallest absolute Gasteiger partial charge is 0.410 e. The van der Waals surface area contributed by atoms with Gasteiger partial charge in [0.1, 0.15) is 41.4 Å². The maximum atomic E-state index is 15.0. The minimum atomic E-state index is -0.982. The molecule has 120 heavy (non-hydrogen) atoms. The number of nitrogens with one attached hydrogen (secondary N) is 3. The number of rotatable bonds is 52. The molecule has 1 fully saturated rings. The summed E-state index contributed by atoms with van der Waals surface area (Å²) in [5.41, 5.74) is 7.32. The van der Waals surface area contributed by atoms with Crippen LogP contribution in [0.25, 0.3) is 0 Å². The Morgan fingerprint density at radius 3 is 1.80 bits per heavy atom. The number of urea groups is 1. The maximum Gasteiger partial charge on any atom is 0.410 e. The monoisotopic (exact) mass is 1700 g/mol. The zero-order chi connectivity index (χ0) is 87.7. The van der Waals surface area contributed by atoms with Crippen molar-refractivity contribution in [2.75, 3.05) is 97.9 Å². The van der Waals surface area contributed by atoms with Crippen LogP contribution < -0.4 is 31.3 Å². The van der Waals surface area contributed by atoms with Gasteiger partial charge in [0.2, 0.25) is 23.6 Å². The Morgan fingerprint density at radius 1 is 0.650 bits per heavy atom. The molecule has 12 atom stereocenters. The van der Waals surface area contributed by atoms with Gasteiger partial charge in [-0.3, -0.25) is 43.2 Å². The molecular weight excluding hydrogens is 1580 g/mol. The van der Waals surface area contributed by atoms with E-state index in [4.69, 9.17) is 38.9 Å². The number of likely N-dealkylation sites (tertiary alicyclic amines) is 1. The number of aliphatic hydroxyl groups excluding tert-OH is 1. The molecule has 0 spiro atoms. The van der Waals surface area contributed by atoms with Gasteiger partial charge in [-0.1, -0.05) is 154 Å². The molecule has 7 rings (SSSR count). The molecule has 0 saturated carbocycles. The van der Waals surface area contributed by atoms with E-state index in [9.17, 15) is 57.8 Å². The van der Waals surface area contributed by atoms with Gasteiger partial charge in [0.15, 0.2) is 11.6 Å². The number of amides is 9. The number of Topliss-reactive ketones (excluding diaryl/α,β-unsaturated/α-hetero) is 3. The molecule has 2 aliphatic rings. The lowest BCUT2D eigenvalue weighted by atomic mass is 9.83. The number of thioether (sulfide) groups is 2. The Labute approximate surface area is 713 Å². The summed E-state index contributed by atoms with van der Waals surface area (Å²) in [6.45, 7) is 19.6. The molecule has 5 aromatic rings. The number of nitrogens with zero attached hydrogens (tertiary/aromatic N) is 6. The first-order valence-corrected chi connectivity index (χ1v) is 42.8. The Balaban J connectivity index is 0.834. The van der Waals surface area contributed by atoms with Crippen molar-refractivity contribution in [1.82, 2.24) is 35.3 Å². The highest BCUT2D eigenvalue weighted by Gasteiger charge is 2.45. The molecule has 6 N–H and O–H groups in total. The molecule has 31 heteroatoms. The van der Waals surface area contributed by atoms with Crippen molar-refractivity contribution in [3.8, 4) is 5.75 Å². The molecule has 2 aliphatic heterocycles. The van der Waals surface area contributed by atoms with Crippen LogP contribution in [0.2, 0.25) is 0 Å². The van der Waals surface area contributed by atoms with Gasteiger partial charge >= 0.3 is 12.1 Å². The second-order valence-electron chi connectivity index (χ2n) is 31.5. The topological polar surface area (TPSA) is 373 Å². The SMILES string of the molecule is CCC(C)[C@@H](C(CC(=O)N1CCC[C@H]1[C@H](OC)[C@@H](C)C(=O)C[C@H](C)[C@@H](O)c1ccccc1)OC)N(C)C(=O)[C@@H](CC(=O)[C@H](C(C)C)N(C)C(=O)OCc1ccc(NC(=O)[C@H](CCCNC(N)=O)CC(=O)[C@@H](NC(=O)COCCOCCOCCOc2ccc(N3C(=O)C(Sc4ccccn4)=C(Sc4ccccn4)C3=O)cc2)C(C)C)cc1)C(C)C. The van der Waals surface area contributed by atoms with Crippen LogP contribution in [0.4, 0.5) is 21.0 Å². The van der Waals surface area contributed by atoms with Gasteiger partial charge in [0.25, 0.3) is 11.8 Å². The number of pyridine rings is 2. The first-order chi connectivity index (χ1) is 57.4. The third-order valence-electron chi connectivity index (χ3n) is 21.8. The average Bonchev–Trinajstić information content (AvgIpc) is 1.62. The fourth-order valence-corrected chi connectivity index (χ4v) is 16.9. The Morgan fingerprint density at radius 2 is 1.25 bits per heavy atom. The lowest BCUT2D eigenvalue weighted by Crippen LogP contribution is -2.54. The number of imide groups is 1. The molecule has 654 valence electrons. The molecule has 9 amide bonds. The van der Waals surface area contributed by atoms with Crippen LogP contribution in [0.15, 0.2) is 148 Å². The highest BCUT2D eigenvalue weighted by atomic mass is 32.2. The minimum Gasteiger partial charge on any atom is -0.491 e. The fourth-order valence-electron chi connectivity index (χ4n) is 15.0. The van der Waals surface area contributed by atoms with Crippen molar-refractivity contribution in [3.63, 3.8) is 0 Å². The molecule has 4 heterocycles. The van der Waals surface area contributed by atoms with E-state index in [0.717, 1.165) is 34.0 Å². The second kappa shape index (κ2) is 49.4. The number of ether oxygens (including phenoxy) is 7. The van der Waals surface area contributed by atoms with Crippen molar-refractivity contribution >= 4 is 99.8 Å². The summed E-state index contributed by atoms with van der Waals surface area (Å²) >= 11 is 2.24. The van der Waals surface area contributed by atoms with Crippen molar-refractivity contribution in [1.29, 1.82) is 0 Å². The Kier molecular flexibility index (Phi) is 40.2. The summed E-state index contributed by atoms with van der Waals surface area (Å²) < 4.78 is 40.6. The minimum absolute atomic E-state index is 0.0615. The highest BCUT2D eigenvalue weighted by Crippen LogP contribution is 2.44. The number of hydrogen-bond donors (Lipinski definition) is 5. The van der Waals surface area contributed by atoms with E-state index in [1.165, 1.54) is 19.1 Å². The first kappa shape index (κ1) is 97.6. The van der Waals surface area contributed by atoms with Crippen LogP contribution in [0.1, 0.15) is 144 Å². The number of likely N-dealkylation sites (N-methyl/N-ethyl adjacent to an activating group) is 2. The number of nitrogens with two attached hydrogens (primary N) is 1. The summed E-state index contributed by atoms with van der Waals surface area (Å²) in [6.07, 6.45) is 2.30. The second-order valence-corrected chi connectivity index (χ2v) is 33.6. The number of carbonyl (C=O) groups is 11. The normalized spacial score (nSPS) is 16.4. The van der Waals surface area contributed by atoms with Crippen LogP contribution in [0, 0.1) is 47.3 Å². The molecule has 2 aromatic heterocycles. The molecule has 3 aromatic carbocycles. The molecule has 29 nitrogen and oxygen atoms in total. The largest absolute Gasteiger partial charge is 0.491 e. The van der Waals surface area contributed by atoms with Crippen LogP contribution in [0.3, 0.4) is 0 Å². The number of aliphatic hydroxyl groups is 1. The van der Waals surface area contributed by atoms with E-state index in [1.54, 1.807) is 135 Å². The Bertz CT molecular complexity index is 4120. The van der Waals surface area contributed by atoms with Crippen molar-refractivity contribution in [3.05, 3.63) is 149 Å². The summed E-state index contributed by atoms with van der Waals surface area (Å²) in [5.74, 6) is -6.71. The fraction of sp³-hybridized carbons (Fsp3) is 0.539. The number of aromatic nitrogens is 2. The van der Waals surface area contributed by atoms with E-state index in [-0.39, 0.29) is 148 Å². The molecule has 1 saturated heterocycles.